The van der Waals surface area contributed by atoms with Gasteiger partial charge in [0.2, 0.25) is 0 Å². The summed E-state index contributed by atoms with van der Waals surface area (Å²) in [5.74, 6) is 1.01. The Hall–Kier alpha value is -1.19. The minimum atomic E-state index is 0.610. The van der Waals surface area contributed by atoms with Gasteiger partial charge in [-0.05, 0) is 33.1 Å². The van der Waals surface area contributed by atoms with E-state index in [9.17, 15) is 0 Å². The second kappa shape index (κ2) is 3.52. The number of hydrogen-bond donors (Lipinski definition) is 2. The van der Waals surface area contributed by atoms with Crippen LogP contribution in [-0.4, -0.2) is 15.8 Å². The molecule has 2 rings (SSSR count). The van der Waals surface area contributed by atoms with Crippen molar-refractivity contribution in [1.82, 2.24) is 9.78 Å². The Morgan fingerprint density at radius 2 is 2.29 bits per heavy atom. The molecule has 0 aliphatic heterocycles. The van der Waals surface area contributed by atoms with E-state index in [2.05, 4.69) is 17.3 Å². The van der Waals surface area contributed by atoms with Crippen LogP contribution in [0.15, 0.2) is 0 Å². The first-order valence-corrected chi connectivity index (χ1v) is 5.31. The summed E-state index contributed by atoms with van der Waals surface area (Å²) < 4.78 is 1.95. The predicted molar refractivity (Wildman–Crippen MR) is 58.3 cm³/mol. The molecule has 1 aromatic heterocycles. The molecule has 0 saturated heterocycles. The highest BCUT2D eigenvalue weighted by Gasteiger charge is 2.20. The molecule has 1 fully saturated rings. The van der Waals surface area contributed by atoms with Crippen molar-refractivity contribution in [2.75, 3.05) is 11.1 Å². The Morgan fingerprint density at radius 1 is 1.57 bits per heavy atom. The summed E-state index contributed by atoms with van der Waals surface area (Å²) in [5, 5.41) is 7.83. The molecule has 0 radical (unpaired) electrons. The molecule has 0 unspecified atom stereocenters. The highest BCUT2D eigenvalue weighted by atomic mass is 15.3. The lowest BCUT2D eigenvalue weighted by Crippen LogP contribution is -2.28. The van der Waals surface area contributed by atoms with Crippen LogP contribution in [0.4, 0.5) is 11.5 Å². The average molecular weight is 194 g/mol. The maximum atomic E-state index is 5.96. The molecule has 1 saturated carbocycles. The summed E-state index contributed by atoms with van der Waals surface area (Å²) in [6, 6.07) is 0.610. The first kappa shape index (κ1) is 9.37. The van der Waals surface area contributed by atoms with Crippen molar-refractivity contribution in [2.45, 2.75) is 45.7 Å². The Kier molecular flexibility index (Phi) is 2.35. The van der Waals surface area contributed by atoms with Gasteiger partial charge in [0.1, 0.15) is 5.82 Å². The third-order valence-electron chi connectivity index (χ3n) is 2.92. The number of nitrogens with zero attached hydrogens (tertiary/aromatic N) is 2. The monoisotopic (exact) mass is 194 g/mol. The van der Waals surface area contributed by atoms with Crippen LogP contribution >= 0.6 is 0 Å². The van der Waals surface area contributed by atoms with Gasteiger partial charge in [-0.25, -0.2) is 4.68 Å². The molecule has 0 amide bonds. The fourth-order valence-electron chi connectivity index (χ4n) is 1.72. The van der Waals surface area contributed by atoms with Gasteiger partial charge in [0.05, 0.1) is 11.4 Å². The minimum absolute atomic E-state index is 0.610. The molecule has 0 bridgehead atoms. The summed E-state index contributed by atoms with van der Waals surface area (Å²) in [7, 11) is 0. The molecular weight excluding hydrogens is 176 g/mol. The molecule has 4 heteroatoms. The van der Waals surface area contributed by atoms with Gasteiger partial charge in [-0.15, -0.1) is 0 Å². The van der Waals surface area contributed by atoms with Crippen molar-refractivity contribution < 1.29 is 0 Å². The third-order valence-corrected chi connectivity index (χ3v) is 2.92. The second-order valence-electron chi connectivity index (χ2n) is 3.94. The largest absolute Gasteiger partial charge is 0.394 e. The highest BCUT2D eigenvalue weighted by molar-refractivity contribution is 5.65. The lowest BCUT2D eigenvalue weighted by atomic mass is 9.93. The first-order valence-electron chi connectivity index (χ1n) is 5.31. The van der Waals surface area contributed by atoms with E-state index >= 15 is 0 Å². The molecule has 78 valence electrons. The van der Waals surface area contributed by atoms with Crippen molar-refractivity contribution in [2.24, 2.45) is 0 Å². The van der Waals surface area contributed by atoms with Gasteiger partial charge in [0.25, 0.3) is 0 Å². The number of anilines is 2. The molecule has 1 aliphatic carbocycles. The summed E-state index contributed by atoms with van der Waals surface area (Å²) in [4.78, 5) is 0. The van der Waals surface area contributed by atoms with E-state index in [1.165, 1.54) is 19.3 Å². The number of nitrogen functional groups attached to an aromatic ring is 1. The van der Waals surface area contributed by atoms with Crippen molar-refractivity contribution in [3.05, 3.63) is 5.69 Å². The van der Waals surface area contributed by atoms with E-state index in [-0.39, 0.29) is 0 Å². The SMILES string of the molecule is CCn1nc(C)c(N)c1NC1CCC1. The molecule has 14 heavy (non-hydrogen) atoms. The van der Waals surface area contributed by atoms with Gasteiger partial charge in [-0.2, -0.15) is 5.10 Å². The van der Waals surface area contributed by atoms with Crippen LogP contribution in [0, 0.1) is 6.92 Å². The second-order valence-corrected chi connectivity index (χ2v) is 3.94. The summed E-state index contributed by atoms with van der Waals surface area (Å²) in [5.41, 5.74) is 7.69. The van der Waals surface area contributed by atoms with Crippen molar-refractivity contribution in [1.29, 1.82) is 0 Å². The molecule has 4 nitrogen and oxygen atoms in total. The lowest BCUT2D eigenvalue weighted by molar-refractivity contribution is 0.441. The average Bonchev–Trinajstić information content (AvgIpc) is 2.37. The van der Waals surface area contributed by atoms with Gasteiger partial charge in [-0.3, -0.25) is 0 Å². The Bertz CT molecular complexity index is 325. The molecule has 1 aromatic rings. The number of rotatable bonds is 3. The van der Waals surface area contributed by atoms with Gasteiger partial charge in [0, 0.05) is 12.6 Å². The summed E-state index contributed by atoms with van der Waals surface area (Å²) >= 11 is 0. The molecule has 1 aliphatic rings. The standard InChI is InChI=1S/C10H18N4/c1-3-14-10(9(11)7(2)13-14)12-8-5-4-6-8/h8,12H,3-6,11H2,1-2H3. The van der Waals surface area contributed by atoms with Crippen LogP contribution in [0.1, 0.15) is 31.9 Å². The topological polar surface area (TPSA) is 55.9 Å². The number of nitrogens with one attached hydrogen (secondary N) is 1. The molecule has 0 spiro atoms. The van der Waals surface area contributed by atoms with Gasteiger partial charge in [-0.1, -0.05) is 0 Å². The zero-order valence-corrected chi connectivity index (χ0v) is 8.88. The maximum absolute atomic E-state index is 5.96. The van der Waals surface area contributed by atoms with Crippen LogP contribution in [0.3, 0.4) is 0 Å². The third kappa shape index (κ3) is 1.45. The number of hydrogen-bond acceptors (Lipinski definition) is 3. The van der Waals surface area contributed by atoms with Gasteiger partial charge in [0.15, 0.2) is 0 Å². The van der Waals surface area contributed by atoms with Crippen LogP contribution < -0.4 is 11.1 Å². The van der Waals surface area contributed by atoms with Crippen molar-refractivity contribution in [3.8, 4) is 0 Å². The molecule has 1 heterocycles. The summed E-state index contributed by atoms with van der Waals surface area (Å²) in [6.07, 6.45) is 3.84. The van der Waals surface area contributed by atoms with Crippen LogP contribution in [0.25, 0.3) is 0 Å². The Balaban J connectivity index is 2.20. The van der Waals surface area contributed by atoms with Crippen LogP contribution in [0.2, 0.25) is 0 Å². The number of aromatic nitrogens is 2. The fourth-order valence-corrected chi connectivity index (χ4v) is 1.72. The Labute approximate surface area is 84.5 Å². The highest BCUT2D eigenvalue weighted by Crippen LogP contribution is 2.28. The zero-order valence-electron chi connectivity index (χ0n) is 8.88. The number of aryl methyl sites for hydroxylation is 2. The molecule has 3 N–H and O–H groups in total. The van der Waals surface area contributed by atoms with E-state index in [0.717, 1.165) is 23.7 Å². The number of nitrogens with two attached hydrogens (primary N) is 1. The van der Waals surface area contributed by atoms with Gasteiger partial charge < -0.3 is 11.1 Å². The van der Waals surface area contributed by atoms with E-state index in [1.54, 1.807) is 0 Å². The van der Waals surface area contributed by atoms with Crippen LogP contribution in [0.5, 0.6) is 0 Å². The lowest BCUT2D eigenvalue weighted by Gasteiger charge is -2.27. The van der Waals surface area contributed by atoms with E-state index in [0.29, 0.717) is 6.04 Å². The van der Waals surface area contributed by atoms with Crippen molar-refractivity contribution in [3.63, 3.8) is 0 Å². The molecular formula is C10H18N4. The van der Waals surface area contributed by atoms with E-state index < -0.39 is 0 Å². The van der Waals surface area contributed by atoms with Gasteiger partial charge >= 0.3 is 0 Å². The fraction of sp³-hybridized carbons (Fsp3) is 0.700. The predicted octanol–water partition coefficient (Wildman–Crippen LogP) is 1.76. The first-order chi connectivity index (χ1) is 6.72. The smallest absolute Gasteiger partial charge is 0.148 e. The zero-order chi connectivity index (χ0) is 10.1. The quantitative estimate of drug-likeness (QED) is 0.771. The van der Waals surface area contributed by atoms with E-state index in [1.807, 2.05) is 11.6 Å². The summed E-state index contributed by atoms with van der Waals surface area (Å²) in [6.45, 7) is 4.90. The van der Waals surface area contributed by atoms with Crippen molar-refractivity contribution >= 4 is 11.5 Å². The van der Waals surface area contributed by atoms with Crippen LogP contribution in [-0.2, 0) is 6.54 Å². The maximum Gasteiger partial charge on any atom is 0.148 e. The minimum Gasteiger partial charge on any atom is -0.394 e. The van der Waals surface area contributed by atoms with E-state index in [4.69, 9.17) is 5.73 Å². The molecule has 0 aromatic carbocycles. The molecule has 0 atom stereocenters. The normalized spacial score (nSPS) is 16.7. The Morgan fingerprint density at radius 3 is 2.79 bits per heavy atom.